The molecule has 2 aliphatic rings. The second-order valence-corrected chi connectivity index (χ2v) is 10.1. The summed E-state index contributed by atoms with van der Waals surface area (Å²) in [4.78, 5) is 33.8. The molecule has 5 rings (SSSR count). The van der Waals surface area contributed by atoms with Crippen molar-refractivity contribution in [3.63, 3.8) is 0 Å². The normalized spacial score (nSPS) is 15.9. The lowest BCUT2D eigenvalue weighted by Gasteiger charge is -2.27. The van der Waals surface area contributed by atoms with E-state index < -0.39 is 17.5 Å². The Kier molecular flexibility index (Phi) is 6.22. The van der Waals surface area contributed by atoms with Crippen molar-refractivity contribution in [2.24, 2.45) is 0 Å². The minimum Gasteiger partial charge on any atom is -0.378 e. The molecule has 0 aliphatic carbocycles. The number of aromatic nitrogens is 1. The molecule has 0 spiro atoms. The summed E-state index contributed by atoms with van der Waals surface area (Å²) in [7, 11) is 0. The number of fused-ring (bicyclic) bond motifs is 1. The highest BCUT2D eigenvalue weighted by Gasteiger charge is 2.38. The molecular weight excluding hydrogens is 459 g/mol. The zero-order valence-corrected chi connectivity index (χ0v) is 20.7. The number of anilines is 4. The van der Waals surface area contributed by atoms with E-state index in [0.29, 0.717) is 30.3 Å². The van der Waals surface area contributed by atoms with Crippen LogP contribution in [0.4, 0.5) is 27.3 Å². The molecule has 0 radical (unpaired) electrons. The third-order valence-corrected chi connectivity index (χ3v) is 6.55. The zero-order valence-electron chi connectivity index (χ0n) is 20.7. The first-order valence-corrected chi connectivity index (χ1v) is 12.1. The number of nitrogens with one attached hydrogen (secondary N) is 1. The van der Waals surface area contributed by atoms with Crippen LogP contribution in [0.2, 0.25) is 0 Å². The molecule has 1 N–H and O–H groups in total. The molecule has 3 heterocycles. The van der Waals surface area contributed by atoms with Gasteiger partial charge in [0.2, 0.25) is 0 Å². The van der Waals surface area contributed by atoms with Crippen LogP contribution < -0.4 is 15.1 Å². The van der Waals surface area contributed by atoms with Crippen molar-refractivity contribution >= 4 is 34.6 Å². The lowest BCUT2D eigenvalue weighted by molar-refractivity contribution is -0.114. The van der Waals surface area contributed by atoms with Crippen LogP contribution >= 0.6 is 0 Å². The van der Waals surface area contributed by atoms with Crippen molar-refractivity contribution in [3.05, 3.63) is 77.2 Å². The minimum absolute atomic E-state index is 0.00450. The molecule has 2 aromatic carbocycles. The van der Waals surface area contributed by atoms with Gasteiger partial charge in [-0.25, -0.2) is 9.37 Å². The van der Waals surface area contributed by atoms with Gasteiger partial charge in [-0.1, -0.05) is 45.0 Å². The van der Waals surface area contributed by atoms with E-state index in [2.05, 4.69) is 36.0 Å². The third kappa shape index (κ3) is 4.68. The Bertz CT molecular complexity index is 1290. The molecule has 186 valence electrons. The maximum absolute atomic E-state index is 14.5. The van der Waals surface area contributed by atoms with Crippen LogP contribution in [0.25, 0.3) is 0 Å². The fourth-order valence-corrected chi connectivity index (χ4v) is 4.54. The summed E-state index contributed by atoms with van der Waals surface area (Å²) in [5, 5.41) is 3.17. The molecule has 1 saturated heterocycles. The molecule has 1 amide bonds. The van der Waals surface area contributed by atoms with Crippen molar-refractivity contribution in [1.29, 1.82) is 0 Å². The maximum atomic E-state index is 14.5. The Hall–Kier alpha value is -3.78. The smallest absolute Gasteiger partial charge is 0.299 e. The van der Waals surface area contributed by atoms with Crippen molar-refractivity contribution in [3.8, 4) is 0 Å². The number of amides is 1. The summed E-state index contributed by atoms with van der Waals surface area (Å²) >= 11 is 0. The topological polar surface area (TPSA) is 74.8 Å². The number of carbonyl (C=O) groups is 2. The monoisotopic (exact) mass is 488 g/mol. The van der Waals surface area contributed by atoms with Gasteiger partial charge in [-0.3, -0.25) is 14.5 Å². The Balaban J connectivity index is 1.43. The van der Waals surface area contributed by atoms with E-state index in [1.165, 1.54) is 16.5 Å². The van der Waals surface area contributed by atoms with E-state index in [1.54, 1.807) is 6.20 Å². The average molecular weight is 489 g/mol. The zero-order chi connectivity index (χ0) is 25.4. The number of nitrogens with zero attached hydrogens (tertiary/aromatic N) is 3. The number of hydrogen-bond acceptors (Lipinski definition) is 6. The van der Waals surface area contributed by atoms with Gasteiger partial charge in [0.15, 0.2) is 0 Å². The summed E-state index contributed by atoms with van der Waals surface area (Å²) in [5.41, 5.74) is 3.47. The van der Waals surface area contributed by atoms with Crippen molar-refractivity contribution in [2.75, 3.05) is 41.4 Å². The van der Waals surface area contributed by atoms with Crippen LogP contribution in [0.15, 0.2) is 54.7 Å². The second kappa shape index (κ2) is 9.35. The van der Waals surface area contributed by atoms with E-state index in [4.69, 9.17) is 4.74 Å². The molecule has 7 nitrogen and oxygen atoms in total. The molecule has 2 aliphatic heterocycles. The van der Waals surface area contributed by atoms with Crippen LogP contribution in [0.1, 0.15) is 42.3 Å². The number of carbonyl (C=O) groups excluding carboxylic acids is 2. The van der Waals surface area contributed by atoms with E-state index in [0.717, 1.165) is 30.5 Å². The standard InChI is InChI=1S/C28H29FN4O3/c1-28(2,3)19-6-4-18(5-7-19)17-33-25-22(26(34)27(33)35)14-20(29)15-23(25)31-21-8-9-24(30-16-21)32-10-12-36-13-11-32/h4-9,14-16,31H,10-13,17H2,1-3H3. The van der Waals surface area contributed by atoms with Crippen LogP contribution in [0.5, 0.6) is 0 Å². The van der Waals surface area contributed by atoms with Crippen molar-refractivity contribution in [2.45, 2.75) is 32.7 Å². The van der Waals surface area contributed by atoms with E-state index in [9.17, 15) is 14.0 Å². The third-order valence-electron chi connectivity index (χ3n) is 6.55. The molecular formula is C28H29FN4O3. The molecule has 0 atom stereocenters. The summed E-state index contributed by atoms with van der Waals surface area (Å²) in [6, 6.07) is 14.2. The van der Waals surface area contributed by atoms with Crippen molar-refractivity contribution < 1.29 is 18.7 Å². The number of ketones is 1. The van der Waals surface area contributed by atoms with Gasteiger partial charge in [-0.2, -0.15) is 0 Å². The summed E-state index contributed by atoms with van der Waals surface area (Å²) in [6.07, 6.45) is 1.66. The molecule has 0 unspecified atom stereocenters. The number of pyridine rings is 1. The number of benzene rings is 2. The van der Waals surface area contributed by atoms with Gasteiger partial charge in [-0.15, -0.1) is 0 Å². The number of halogens is 1. The van der Waals surface area contributed by atoms with Crippen LogP contribution in [0.3, 0.4) is 0 Å². The number of ether oxygens (including phenoxy) is 1. The molecule has 1 aromatic heterocycles. The van der Waals surface area contributed by atoms with Gasteiger partial charge in [0.1, 0.15) is 11.6 Å². The average Bonchev–Trinajstić information content (AvgIpc) is 3.09. The molecule has 0 bridgehead atoms. The molecule has 3 aromatic rings. The Morgan fingerprint density at radius 2 is 1.75 bits per heavy atom. The van der Waals surface area contributed by atoms with Gasteiger partial charge in [0, 0.05) is 13.1 Å². The lowest BCUT2D eigenvalue weighted by Crippen LogP contribution is -2.36. The molecule has 1 fully saturated rings. The Morgan fingerprint density at radius 1 is 1.03 bits per heavy atom. The van der Waals surface area contributed by atoms with Gasteiger partial charge in [0.25, 0.3) is 11.7 Å². The molecule has 8 heteroatoms. The number of hydrogen-bond donors (Lipinski definition) is 1. The first kappa shape index (κ1) is 23.9. The van der Waals surface area contributed by atoms with E-state index in [1.807, 2.05) is 36.4 Å². The van der Waals surface area contributed by atoms with Crippen LogP contribution in [-0.4, -0.2) is 43.0 Å². The number of morpholine rings is 1. The largest absolute Gasteiger partial charge is 0.378 e. The highest BCUT2D eigenvalue weighted by atomic mass is 19.1. The maximum Gasteiger partial charge on any atom is 0.299 e. The number of Topliss-reactive ketones (excluding diaryl/α,β-unsaturated/α-hetero) is 1. The van der Waals surface area contributed by atoms with Gasteiger partial charge >= 0.3 is 0 Å². The van der Waals surface area contributed by atoms with Gasteiger partial charge in [0.05, 0.1) is 48.6 Å². The van der Waals surface area contributed by atoms with Gasteiger partial charge in [-0.05, 0) is 40.8 Å². The predicted molar refractivity (Wildman–Crippen MR) is 138 cm³/mol. The molecule has 36 heavy (non-hydrogen) atoms. The van der Waals surface area contributed by atoms with Crippen LogP contribution in [0, 0.1) is 5.82 Å². The second-order valence-electron chi connectivity index (χ2n) is 10.1. The predicted octanol–water partition coefficient (Wildman–Crippen LogP) is 4.83. The van der Waals surface area contributed by atoms with E-state index in [-0.39, 0.29) is 17.5 Å². The highest BCUT2D eigenvalue weighted by Crippen LogP contribution is 2.39. The van der Waals surface area contributed by atoms with Crippen molar-refractivity contribution in [1.82, 2.24) is 4.98 Å². The SMILES string of the molecule is CC(C)(C)c1ccc(CN2C(=O)C(=O)c3cc(F)cc(Nc4ccc(N5CCOCC5)nc4)c32)cc1. The summed E-state index contributed by atoms with van der Waals surface area (Å²) < 4.78 is 19.9. The Morgan fingerprint density at radius 3 is 2.39 bits per heavy atom. The summed E-state index contributed by atoms with van der Waals surface area (Å²) in [5.74, 6) is -1.13. The first-order valence-electron chi connectivity index (χ1n) is 12.1. The van der Waals surface area contributed by atoms with Crippen LogP contribution in [-0.2, 0) is 21.5 Å². The van der Waals surface area contributed by atoms with E-state index >= 15 is 0 Å². The first-order chi connectivity index (χ1) is 17.2. The fraction of sp³-hybridized carbons (Fsp3) is 0.321. The Labute approximate surface area is 209 Å². The summed E-state index contributed by atoms with van der Waals surface area (Å²) in [6.45, 7) is 9.47. The number of rotatable bonds is 5. The fourth-order valence-electron chi connectivity index (χ4n) is 4.54. The minimum atomic E-state index is -0.709. The van der Waals surface area contributed by atoms with Gasteiger partial charge < -0.3 is 15.0 Å². The molecule has 0 saturated carbocycles. The quantitative estimate of drug-likeness (QED) is 0.519. The highest BCUT2D eigenvalue weighted by molar-refractivity contribution is 6.52. The lowest BCUT2D eigenvalue weighted by atomic mass is 9.87.